The molecule has 1 saturated carbocycles. The number of carbonyl (C=O) groups is 2. The van der Waals surface area contributed by atoms with Crippen molar-refractivity contribution < 1.29 is 14.3 Å². The van der Waals surface area contributed by atoms with E-state index in [1.165, 1.54) is 0 Å². The Hall–Kier alpha value is -2.37. The third kappa shape index (κ3) is 4.18. The van der Waals surface area contributed by atoms with E-state index in [4.69, 9.17) is 15.6 Å². The fourth-order valence-corrected chi connectivity index (χ4v) is 3.69. The molecule has 0 saturated heterocycles. The number of primary amides is 1. The van der Waals surface area contributed by atoms with E-state index >= 15 is 0 Å². The highest BCUT2D eigenvalue weighted by Gasteiger charge is 2.24. The fourth-order valence-electron chi connectivity index (χ4n) is 3.69. The number of hydrogen-bond donors (Lipinski definition) is 1. The van der Waals surface area contributed by atoms with Gasteiger partial charge >= 0.3 is 6.09 Å². The van der Waals surface area contributed by atoms with Gasteiger partial charge in [-0.1, -0.05) is 6.07 Å². The zero-order valence-corrected chi connectivity index (χ0v) is 14.8. The van der Waals surface area contributed by atoms with Crippen LogP contribution in [0.1, 0.15) is 51.1 Å². The molecule has 1 fully saturated rings. The zero-order chi connectivity index (χ0) is 18.0. The van der Waals surface area contributed by atoms with Crippen LogP contribution >= 0.6 is 0 Å². The second-order valence-electron chi connectivity index (χ2n) is 7.56. The van der Waals surface area contributed by atoms with Crippen LogP contribution in [0.5, 0.6) is 0 Å². The van der Waals surface area contributed by atoms with Crippen LogP contribution < -0.4 is 5.73 Å². The number of fused-ring (bicyclic) bond motifs is 1. The van der Waals surface area contributed by atoms with Crippen LogP contribution in [-0.2, 0) is 16.0 Å². The van der Waals surface area contributed by atoms with Crippen LogP contribution in [0, 0.1) is 5.92 Å². The normalized spacial score (nSPS) is 21.2. The number of rotatable bonds is 5. The summed E-state index contributed by atoms with van der Waals surface area (Å²) in [6.07, 6.45) is 6.84. The molecule has 25 heavy (non-hydrogen) atoms. The number of aldehydes is 1. The topological polar surface area (TPSA) is 87.2 Å². The molecule has 3 rings (SSSR count). The number of aromatic nitrogens is 2. The zero-order valence-electron chi connectivity index (χ0n) is 14.8. The predicted molar refractivity (Wildman–Crippen MR) is 95.2 cm³/mol. The summed E-state index contributed by atoms with van der Waals surface area (Å²) in [5, 5.41) is 5.77. The lowest BCUT2D eigenvalue weighted by Gasteiger charge is -2.25. The van der Waals surface area contributed by atoms with Gasteiger partial charge in [-0.05, 0) is 57.2 Å². The Morgan fingerprint density at radius 2 is 2.08 bits per heavy atom. The molecule has 0 spiro atoms. The van der Waals surface area contributed by atoms with Gasteiger partial charge in [-0.15, -0.1) is 0 Å². The van der Waals surface area contributed by atoms with E-state index in [1.54, 1.807) is 0 Å². The molecule has 0 bridgehead atoms. The van der Waals surface area contributed by atoms with Gasteiger partial charge in [0.1, 0.15) is 11.9 Å². The fraction of sp³-hybridized carbons (Fsp3) is 0.526. The van der Waals surface area contributed by atoms with E-state index in [0.29, 0.717) is 12.5 Å². The van der Waals surface area contributed by atoms with E-state index in [9.17, 15) is 9.59 Å². The van der Waals surface area contributed by atoms with Crippen molar-refractivity contribution >= 4 is 23.3 Å². The average molecular weight is 343 g/mol. The third-order valence-corrected chi connectivity index (χ3v) is 4.90. The number of hydrogen-bond acceptors (Lipinski definition) is 4. The molecule has 1 aliphatic carbocycles. The number of amides is 1. The Balaban J connectivity index is 1.75. The van der Waals surface area contributed by atoms with Gasteiger partial charge in [-0.2, -0.15) is 5.10 Å². The van der Waals surface area contributed by atoms with E-state index in [0.717, 1.165) is 48.4 Å². The molecule has 6 heteroatoms. The van der Waals surface area contributed by atoms with Gasteiger partial charge in [0.15, 0.2) is 0 Å². The first-order valence-corrected chi connectivity index (χ1v) is 8.78. The van der Waals surface area contributed by atoms with Crippen molar-refractivity contribution in [1.29, 1.82) is 0 Å². The second kappa shape index (κ2) is 6.86. The minimum atomic E-state index is -0.759. The smallest absolute Gasteiger partial charge is 0.405 e. The van der Waals surface area contributed by atoms with Crippen LogP contribution in [0.3, 0.4) is 0 Å². The SMILES string of the molecule is CC(C)(Cc1ccc2nn(C3CCC(C=O)CC3)cc2c1)OC(N)=O. The standard InChI is InChI=1S/C19H25N3O3/c1-19(2,25-18(20)24)10-14-5-8-17-15(9-14)11-22(21-17)16-6-3-13(12-23)4-7-16/h5,8-9,11-13,16H,3-4,6-7,10H2,1-2H3,(H2,20,24). The van der Waals surface area contributed by atoms with Gasteiger partial charge in [0.05, 0.1) is 11.6 Å². The van der Waals surface area contributed by atoms with Crippen molar-refractivity contribution in [2.24, 2.45) is 11.7 Å². The maximum Gasteiger partial charge on any atom is 0.405 e. The number of carbonyl (C=O) groups excluding carboxylic acids is 2. The van der Waals surface area contributed by atoms with Crippen molar-refractivity contribution in [3.05, 3.63) is 30.0 Å². The molecule has 0 atom stereocenters. The van der Waals surface area contributed by atoms with Crippen LogP contribution in [0.4, 0.5) is 4.79 Å². The molecular formula is C19H25N3O3. The molecule has 1 aliphatic rings. The summed E-state index contributed by atoms with van der Waals surface area (Å²) >= 11 is 0. The minimum absolute atomic E-state index is 0.209. The molecule has 1 heterocycles. The number of benzene rings is 1. The second-order valence-corrected chi connectivity index (χ2v) is 7.56. The molecule has 0 radical (unpaired) electrons. The van der Waals surface area contributed by atoms with Crippen LogP contribution in [0.25, 0.3) is 10.9 Å². The summed E-state index contributed by atoms with van der Waals surface area (Å²) in [7, 11) is 0. The Labute approximate surface area is 147 Å². The van der Waals surface area contributed by atoms with Gasteiger partial charge in [-0.25, -0.2) is 4.79 Å². The van der Waals surface area contributed by atoms with Crippen LogP contribution in [0.2, 0.25) is 0 Å². The van der Waals surface area contributed by atoms with E-state index in [2.05, 4.69) is 12.3 Å². The highest BCUT2D eigenvalue weighted by molar-refractivity contribution is 5.78. The van der Waals surface area contributed by atoms with E-state index in [-0.39, 0.29) is 5.92 Å². The van der Waals surface area contributed by atoms with Gasteiger partial charge in [-0.3, -0.25) is 4.68 Å². The van der Waals surface area contributed by atoms with Gasteiger partial charge in [0, 0.05) is 23.9 Å². The van der Waals surface area contributed by atoms with Gasteiger partial charge in [0.2, 0.25) is 0 Å². The quantitative estimate of drug-likeness (QED) is 0.843. The lowest BCUT2D eigenvalue weighted by Crippen LogP contribution is -2.33. The van der Waals surface area contributed by atoms with E-state index in [1.807, 2.05) is 30.7 Å². The summed E-state index contributed by atoms with van der Waals surface area (Å²) in [5.74, 6) is 0.209. The molecule has 0 unspecified atom stereocenters. The molecule has 1 aromatic heterocycles. The Kier molecular flexibility index (Phi) is 4.79. The molecule has 2 aromatic rings. The molecule has 1 aromatic carbocycles. The highest BCUT2D eigenvalue weighted by atomic mass is 16.6. The summed E-state index contributed by atoms with van der Waals surface area (Å²) in [6.45, 7) is 3.69. The summed E-state index contributed by atoms with van der Waals surface area (Å²) in [4.78, 5) is 21.9. The Morgan fingerprint density at radius 1 is 1.36 bits per heavy atom. The Bertz CT molecular complexity index is 773. The lowest BCUT2D eigenvalue weighted by atomic mass is 9.87. The van der Waals surface area contributed by atoms with Gasteiger partial charge in [0.25, 0.3) is 0 Å². The predicted octanol–water partition coefficient (Wildman–Crippen LogP) is 3.38. The first-order valence-electron chi connectivity index (χ1n) is 8.78. The maximum atomic E-state index is 11.0. The van der Waals surface area contributed by atoms with Crippen LogP contribution in [0.15, 0.2) is 24.4 Å². The first-order chi connectivity index (χ1) is 11.9. The number of nitrogens with zero attached hydrogens (tertiary/aromatic N) is 2. The van der Waals surface area contributed by atoms with Crippen molar-refractivity contribution in [1.82, 2.24) is 9.78 Å². The third-order valence-electron chi connectivity index (χ3n) is 4.90. The molecule has 0 aliphatic heterocycles. The van der Waals surface area contributed by atoms with Crippen LogP contribution in [-0.4, -0.2) is 27.8 Å². The summed E-state index contributed by atoms with van der Waals surface area (Å²) < 4.78 is 7.21. The van der Waals surface area contributed by atoms with Crippen molar-refractivity contribution in [2.45, 2.75) is 57.6 Å². The monoisotopic (exact) mass is 343 g/mol. The largest absolute Gasteiger partial charge is 0.443 e. The molecular weight excluding hydrogens is 318 g/mol. The molecule has 1 amide bonds. The highest BCUT2D eigenvalue weighted by Crippen LogP contribution is 2.32. The number of nitrogens with two attached hydrogens (primary N) is 1. The molecule has 6 nitrogen and oxygen atoms in total. The van der Waals surface area contributed by atoms with Gasteiger partial charge < -0.3 is 15.3 Å². The minimum Gasteiger partial charge on any atom is -0.443 e. The van der Waals surface area contributed by atoms with Crippen molar-refractivity contribution in [3.63, 3.8) is 0 Å². The van der Waals surface area contributed by atoms with Crippen molar-refractivity contribution in [3.8, 4) is 0 Å². The summed E-state index contributed by atoms with van der Waals surface area (Å²) in [5.41, 5.74) is 6.51. The number of ether oxygens (including phenoxy) is 1. The first kappa shape index (κ1) is 17.5. The lowest BCUT2D eigenvalue weighted by molar-refractivity contribution is -0.112. The van der Waals surface area contributed by atoms with E-state index < -0.39 is 11.7 Å². The summed E-state index contributed by atoms with van der Waals surface area (Å²) in [6, 6.07) is 6.46. The molecule has 134 valence electrons. The average Bonchev–Trinajstić information content (AvgIpc) is 2.96. The Morgan fingerprint density at radius 3 is 2.72 bits per heavy atom. The van der Waals surface area contributed by atoms with Crippen molar-refractivity contribution in [2.75, 3.05) is 0 Å². The maximum absolute atomic E-state index is 11.0. The molecule has 2 N–H and O–H groups in total.